The summed E-state index contributed by atoms with van der Waals surface area (Å²) < 4.78 is 0. The van der Waals surface area contributed by atoms with E-state index in [-0.39, 0.29) is 11.7 Å². The molecule has 0 unspecified atom stereocenters. The first-order chi connectivity index (χ1) is 14.4. The number of rotatable bonds is 6. The van der Waals surface area contributed by atoms with Crippen molar-refractivity contribution in [1.29, 1.82) is 0 Å². The molecule has 5 heteroatoms. The Morgan fingerprint density at radius 1 is 1.03 bits per heavy atom. The minimum atomic E-state index is -0.194. The van der Waals surface area contributed by atoms with Crippen LogP contribution in [0.15, 0.2) is 48.5 Å². The van der Waals surface area contributed by atoms with Gasteiger partial charge in [0.2, 0.25) is 0 Å². The van der Waals surface area contributed by atoms with E-state index in [4.69, 9.17) is 0 Å². The van der Waals surface area contributed by atoms with Gasteiger partial charge in [-0.1, -0.05) is 42.5 Å². The van der Waals surface area contributed by atoms with E-state index in [2.05, 4.69) is 63.7 Å². The molecule has 4 rings (SSSR count). The molecule has 0 aliphatic carbocycles. The number of aromatic amines is 1. The standard InChI is InChI=1S/C25H27N3O2/c1-16-23(18(3)29)17(2)27-24(16)25(30)26-14-19-8-10-20(11-9-19)15-28-13-12-21-6-4-5-7-22(21)28/h4-11,27H,12-15H2,1-3H3,(H,26,30). The Balaban J connectivity index is 1.37. The second-order valence-corrected chi connectivity index (χ2v) is 7.98. The van der Waals surface area contributed by atoms with E-state index < -0.39 is 0 Å². The van der Waals surface area contributed by atoms with E-state index in [9.17, 15) is 9.59 Å². The quantitative estimate of drug-likeness (QED) is 0.605. The molecule has 0 spiro atoms. The molecule has 1 amide bonds. The number of nitrogens with one attached hydrogen (secondary N) is 2. The number of carbonyl (C=O) groups is 2. The molecule has 2 heterocycles. The van der Waals surface area contributed by atoms with Gasteiger partial charge in [0.15, 0.2) is 5.78 Å². The number of aryl methyl sites for hydroxylation is 1. The number of benzene rings is 2. The fourth-order valence-electron chi connectivity index (χ4n) is 4.33. The highest BCUT2D eigenvalue weighted by atomic mass is 16.2. The summed E-state index contributed by atoms with van der Waals surface area (Å²) in [5.41, 5.74) is 7.55. The molecule has 30 heavy (non-hydrogen) atoms. The third-order valence-electron chi connectivity index (χ3n) is 5.85. The Hall–Kier alpha value is -3.34. The summed E-state index contributed by atoms with van der Waals surface area (Å²) in [6.07, 6.45) is 1.10. The van der Waals surface area contributed by atoms with Gasteiger partial charge < -0.3 is 15.2 Å². The van der Waals surface area contributed by atoms with Crippen LogP contribution in [0.2, 0.25) is 0 Å². The number of H-pyrrole nitrogens is 1. The topological polar surface area (TPSA) is 65.2 Å². The van der Waals surface area contributed by atoms with Gasteiger partial charge in [0.1, 0.15) is 5.69 Å². The number of carbonyl (C=O) groups excluding carboxylic acids is 2. The van der Waals surface area contributed by atoms with E-state index in [1.165, 1.54) is 23.7 Å². The molecular weight excluding hydrogens is 374 g/mol. The molecule has 0 bridgehead atoms. The van der Waals surface area contributed by atoms with Gasteiger partial charge in [0, 0.05) is 36.6 Å². The maximum absolute atomic E-state index is 12.6. The predicted octanol–water partition coefficient (Wildman–Crippen LogP) is 4.33. The number of aromatic nitrogens is 1. The van der Waals surface area contributed by atoms with Gasteiger partial charge in [-0.15, -0.1) is 0 Å². The fraction of sp³-hybridized carbons (Fsp3) is 0.280. The van der Waals surface area contributed by atoms with Crippen LogP contribution in [0.4, 0.5) is 5.69 Å². The Labute approximate surface area is 177 Å². The normalized spacial score (nSPS) is 12.7. The number of nitrogens with zero attached hydrogens (tertiary/aromatic N) is 1. The summed E-state index contributed by atoms with van der Waals surface area (Å²) in [6, 6.07) is 17.0. The zero-order valence-electron chi connectivity index (χ0n) is 17.7. The zero-order valence-corrected chi connectivity index (χ0v) is 17.7. The van der Waals surface area contributed by atoms with Crippen LogP contribution in [0.3, 0.4) is 0 Å². The van der Waals surface area contributed by atoms with Gasteiger partial charge >= 0.3 is 0 Å². The number of hydrogen-bond donors (Lipinski definition) is 2. The number of Topliss-reactive ketones (excluding diaryl/α,β-unsaturated/α-hetero) is 1. The summed E-state index contributed by atoms with van der Waals surface area (Å²) in [5, 5.41) is 2.95. The van der Waals surface area contributed by atoms with Crippen LogP contribution in [0.5, 0.6) is 0 Å². The van der Waals surface area contributed by atoms with Crippen LogP contribution in [-0.2, 0) is 19.5 Å². The molecule has 0 atom stereocenters. The lowest BCUT2D eigenvalue weighted by molar-refractivity contribution is 0.0945. The molecule has 2 aromatic carbocycles. The van der Waals surface area contributed by atoms with Crippen molar-refractivity contribution in [3.05, 3.63) is 87.7 Å². The van der Waals surface area contributed by atoms with Crippen molar-refractivity contribution in [2.24, 2.45) is 0 Å². The van der Waals surface area contributed by atoms with E-state index in [0.29, 0.717) is 23.4 Å². The van der Waals surface area contributed by atoms with Crippen molar-refractivity contribution >= 4 is 17.4 Å². The first-order valence-electron chi connectivity index (χ1n) is 10.3. The minimum Gasteiger partial charge on any atom is -0.367 e. The molecule has 5 nitrogen and oxygen atoms in total. The van der Waals surface area contributed by atoms with Crippen LogP contribution < -0.4 is 10.2 Å². The molecule has 0 saturated heterocycles. The molecule has 2 N–H and O–H groups in total. The van der Waals surface area contributed by atoms with Crippen molar-refractivity contribution in [3.63, 3.8) is 0 Å². The van der Waals surface area contributed by atoms with E-state index >= 15 is 0 Å². The summed E-state index contributed by atoms with van der Waals surface area (Å²) in [7, 11) is 0. The molecule has 0 saturated carbocycles. The van der Waals surface area contributed by atoms with E-state index in [1.54, 1.807) is 6.92 Å². The highest BCUT2D eigenvalue weighted by Gasteiger charge is 2.20. The molecule has 1 aliphatic rings. The fourth-order valence-corrected chi connectivity index (χ4v) is 4.33. The third kappa shape index (κ3) is 3.88. The summed E-state index contributed by atoms with van der Waals surface area (Å²) in [5.74, 6) is -0.225. The SMILES string of the molecule is CC(=O)c1c(C)[nH]c(C(=O)NCc2ccc(CN3CCc4ccccc43)cc2)c1C. The van der Waals surface area contributed by atoms with Crippen LogP contribution >= 0.6 is 0 Å². The predicted molar refractivity (Wildman–Crippen MR) is 119 cm³/mol. The molecule has 1 aliphatic heterocycles. The number of amides is 1. The minimum absolute atomic E-state index is 0.0310. The highest BCUT2D eigenvalue weighted by molar-refractivity contribution is 6.02. The number of fused-ring (bicyclic) bond motifs is 1. The lowest BCUT2D eigenvalue weighted by Gasteiger charge is -2.19. The summed E-state index contributed by atoms with van der Waals surface area (Å²) in [4.78, 5) is 29.8. The van der Waals surface area contributed by atoms with Gasteiger partial charge in [-0.05, 0) is 55.5 Å². The van der Waals surface area contributed by atoms with E-state index in [0.717, 1.165) is 30.8 Å². The van der Waals surface area contributed by atoms with Gasteiger partial charge in [-0.2, -0.15) is 0 Å². The van der Waals surface area contributed by atoms with Crippen LogP contribution in [0.1, 0.15) is 55.7 Å². The summed E-state index contributed by atoms with van der Waals surface area (Å²) >= 11 is 0. The average molecular weight is 402 g/mol. The molecule has 0 radical (unpaired) electrons. The maximum Gasteiger partial charge on any atom is 0.268 e. The van der Waals surface area contributed by atoms with Crippen LogP contribution in [0, 0.1) is 13.8 Å². The monoisotopic (exact) mass is 401 g/mol. The van der Waals surface area contributed by atoms with Crippen LogP contribution in [0.25, 0.3) is 0 Å². The molecular formula is C25H27N3O2. The van der Waals surface area contributed by atoms with Crippen LogP contribution in [-0.4, -0.2) is 23.2 Å². The first kappa shape index (κ1) is 20.0. The highest BCUT2D eigenvalue weighted by Crippen LogP contribution is 2.28. The van der Waals surface area contributed by atoms with Gasteiger partial charge in [0.25, 0.3) is 5.91 Å². The lowest BCUT2D eigenvalue weighted by Crippen LogP contribution is -2.24. The van der Waals surface area contributed by atoms with Crippen molar-refractivity contribution in [3.8, 4) is 0 Å². The van der Waals surface area contributed by atoms with Crippen molar-refractivity contribution in [2.45, 2.75) is 40.3 Å². The zero-order chi connectivity index (χ0) is 21.3. The van der Waals surface area contributed by atoms with Gasteiger partial charge in [-0.25, -0.2) is 0 Å². The third-order valence-corrected chi connectivity index (χ3v) is 5.85. The second-order valence-electron chi connectivity index (χ2n) is 7.98. The van der Waals surface area contributed by atoms with Gasteiger partial charge in [0.05, 0.1) is 0 Å². The molecule has 3 aromatic rings. The van der Waals surface area contributed by atoms with Crippen molar-refractivity contribution in [1.82, 2.24) is 10.3 Å². The second kappa shape index (κ2) is 8.19. The Bertz CT molecular complexity index is 1100. The number of hydrogen-bond acceptors (Lipinski definition) is 3. The maximum atomic E-state index is 12.6. The lowest BCUT2D eigenvalue weighted by atomic mass is 10.1. The average Bonchev–Trinajstić information content (AvgIpc) is 3.27. The number of anilines is 1. The van der Waals surface area contributed by atoms with E-state index in [1.807, 2.05) is 6.92 Å². The Morgan fingerprint density at radius 3 is 2.43 bits per heavy atom. The smallest absolute Gasteiger partial charge is 0.268 e. The van der Waals surface area contributed by atoms with Crippen molar-refractivity contribution in [2.75, 3.05) is 11.4 Å². The first-order valence-corrected chi connectivity index (χ1v) is 10.3. The largest absolute Gasteiger partial charge is 0.367 e. The number of ketones is 1. The number of para-hydroxylation sites is 1. The van der Waals surface area contributed by atoms with Crippen molar-refractivity contribution < 1.29 is 9.59 Å². The summed E-state index contributed by atoms with van der Waals surface area (Å²) in [6.45, 7) is 7.52. The Kier molecular flexibility index (Phi) is 5.44. The molecule has 154 valence electrons. The molecule has 1 aromatic heterocycles. The molecule has 0 fully saturated rings. The Morgan fingerprint density at radius 2 is 1.73 bits per heavy atom. The van der Waals surface area contributed by atoms with Gasteiger partial charge in [-0.3, -0.25) is 9.59 Å².